The molecule has 1 aliphatic carbocycles. The molecule has 120 valence electrons. The van der Waals surface area contributed by atoms with E-state index in [1.165, 1.54) is 24.0 Å². The van der Waals surface area contributed by atoms with Crippen LogP contribution in [0, 0.1) is 0 Å². The third kappa shape index (κ3) is 2.81. The summed E-state index contributed by atoms with van der Waals surface area (Å²) < 4.78 is 2.10. The lowest BCUT2D eigenvalue weighted by Gasteiger charge is -2.19. The van der Waals surface area contributed by atoms with Gasteiger partial charge in [0, 0.05) is 18.7 Å². The first kappa shape index (κ1) is 14.2. The second kappa shape index (κ2) is 6.02. The molecule has 0 radical (unpaired) electrons. The van der Waals surface area contributed by atoms with Gasteiger partial charge in [-0.05, 0) is 49.3 Å². The van der Waals surface area contributed by atoms with E-state index in [-0.39, 0.29) is 6.03 Å². The van der Waals surface area contributed by atoms with E-state index in [4.69, 9.17) is 0 Å². The average Bonchev–Trinajstić information content (AvgIpc) is 3.17. The van der Waals surface area contributed by atoms with Crippen molar-refractivity contribution in [3.8, 4) is 0 Å². The van der Waals surface area contributed by atoms with Gasteiger partial charge >= 0.3 is 6.03 Å². The van der Waals surface area contributed by atoms with Crippen molar-refractivity contribution < 1.29 is 4.79 Å². The van der Waals surface area contributed by atoms with Crippen LogP contribution in [0.3, 0.4) is 0 Å². The van der Waals surface area contributed by atoms with Gasteiger partial charge in [-0.15, -0.1) is 10.2 Å². The largest absolute Gasteiger partial charge is 0.331 e. The molecule has 23 heavy (non-hydrogen) atoms. The van der Waals surface area contributed by atoms with Gasteiger partial charge in [-0.2, -0.15) is 0 Å². The molecule has 6 heteroatoms. The first-order chi connectivity index (χ1) is 11.3. The minimum Gasteiger partial charge on any atom is -0.331 e. The topological polar surface area (TPSA) is 71.8 Å². The Bertz CT molecular complexity index is 737. The summed E-state index contributed by atoms with van der Waals surface area (Å²) in [4.78, 5) is 12.2. The number of aromatic nitrogens is 3. The molecule has 0 bridgehead atoms. The van der Waals surface area contributed by atoms with Crippen LogP contribution in [0.15, 0.2) is 18.2 Å². The number of hydrogen-bond donors (Lipinski definition) is 2. The Morgan fingerprint density at radius 1 is 1.13 bits per heavy atom. The lowest BCUT2D eigenvalue weighted by Crippen LogP contribution is -2.30. The third-order valence-electron chi connectivity index (χ3n) is 4.74. The van der Waals surface area contributed by atoms with Crippen LogP contribution in [0.2, 0.25) is 0 Å². The molecule has 1 aromatic carbocycles. The lowest BCUT2D eigenvalue weighted by molar-refractivity contribution is 0.251. The highest BCUT2D eigenvalue weighted by Crippen LogP contribution is 2.27. The molecule has 0 saturated heterocycles. The van der Waals surface area contributed by atoms with E-state index in [9.17, 15) is 4.79 Å². The Balaban J connectivity index is 1.40. The molecule has 0 spiro atoms. The Morgan fingerprint density at radius 3 is 3.00 bits per heavy atom. The van der Waals surface area contributed by atoms with Crippen LogP contribution in [0.4, 0.5) is 10.5 Å². The summed E-state index contributed by atoms with van der Waals surface area (Å²) in [5.74, 6) is 1.86. The molecule has 0 atom stereocenters. The number of carbonyl (C=O) groups is 1. The molecule has 2 amide bonds. The smallest absolute Gasteiger partial charge is 0.319 e. The van der Waals surface area contributed by atoms with E-state index in [1.807, 2.05) is 12.1 Å². The fourth-order valence-corrected chi connectivity index (χ4v) is 3.57. The molecule has 2 aromatic rings. The third-order valence-corrected chi connectivity index (χ3v) is 4.74. The maximum atomic E-state index is 12.2. The summed E-state index contributed by atoms with van der Waals surface area (Å²) in [6, 6.07) is 5.99. The Hall–Kier alpha value is -2.37. The van der Waals surface area contributed by atoms with Crippen molar-refractivity contribution >= 4 is 11.7 Å². The van der Waals surface area contributed by atoms with Gasteiger partial charge in [0.1, 0.15) is 5.82 Å². The van der Waals surface area contributed by atoms with Crippen LogP contribution in [0.5, 0.6) is 0 Å². The highest BCUT2D eigenvalue weighted by atomic mass is 16.2. The van der Waals surface area contributed by atoms with Gasteiger partial charge in [-0.3, -0.25) is 0 Å². The van der Waals surface area contributed by atoms with Gasteiger partial charge in [0.25, 0.3) is 0 Å². The van der Waals surface area contributed by atoms with Crippen molar-refractivity contribution in [2.75, 3.05) is 5.32 Å². The summed E-state index contributed by atoms with van der Waals surface area (Å²) in [6.45, 7) is 1.36. The summed E-state index contributed by atoms with van der Waals surface area (Å²) >= 11 is 0. The summed E-state index contributed by atoms with van der Waals surface area (Å²) in [7, 11) is 0. The van der Waals surface area contributed by atoms with Crippen molar-refractivity contribution in [3.63, 3.8) is 0 Å². The normalized spacial score (nSPS) is 15.8. The summed E-state index contributed by atoms with van der Waals surface area (Å²) in [5, 5.41) is 14.2. The number of urea groups is 1. The zero-order valence-corrected chi connectivity index (χ0v) is 13.1. The number of aryl methyl sites for hydroxylation is 2. The van der Waals surface area contributed by atoms with Crippen LogP contribution in [0.1, 0.15) is 42.0 Å². The highest BCUT2D eigenvalue weighted by Gasteiger charge is 2.18. The standard InChI is InChI=1S/C17H21N5O/c23-17(18-11-16-21-20-15-9-4-10-22(15)16)19-14-8-3-6-12-5-1-2-7-13(12)14/h3,6,8H,1-2,4-5,7,9-11H2,(H2,18,19,23). The van der Waals surface area contributed by atoms with Crippen molar-refractivity contribution in [2.24, 2.45) is 0 Å². The molecule has 2 heterocycles. The quantitative estimate of drug-likeness (QED) is 0.914. The Kier molecular flexibility index (Phi) is 3.73. The van der Waals surface area contributed by atoms with Gasteiger partial charge in [0.15, 0.2) is 5.82 Å². The van der Waals surface area contributed by atoms with Gasteiger partial charge in [0.2, 0.25) is 0 Å². The molecular formula is C17H21N5O. The summed E-state index contributed by atoms with van der Waals surface area (Å²) in [5.41, 5.74) is 3.59. The van der Waals surface area contributed by atoms with E-state index in [2.05, 4.69) is 31.5 Å². The van der Waals surface area contributed by atoms with Gasteiger partial charge < -0.3 is 15.2 Å². The van der Waals surface area contributed by atoms with Crippen LogP contribution < -0.4 is 10.6 Å². The molecule has 0 unspecified atom stereocenters. The molecule has 0 saturated carbocycles. The molecule has 6 nitrogen and oxygen atoms in total. The van der Waals surface area contributed by atoms with Crippen molar-refractivity contribution in [3.05, 3.63) is 41.0 Å². The first-order valence-electron chi connectivity index (χ1n) is 8.38. The second-order valence-electron chi connectivity index (χ2n) is 6.25. The number of benzene rings is 1. The first-order valence-corrected chi connectivity index (χ1v) is 8.38. The zero-order chi connectivity index (χ0) is 15.6. The molecule has 0 fully saturated rings. The highest BCUT2D eigenvalue weighted by molar-refractivity contribution is 5.90. The van der Waals surface area contributed by atoms with Crippen LogP contribution in [-0.4, -0.2) is 20.8 Å². The van der Waals surface area contributed by atoms with Crippen molar-refractivity contribution in [1.29, 1.82) is 0 Å². The number of rotatable bonds is 3. The number of nitrogens with one attached hydrogen (secondary N) is 2. The van der Waals surface area contributed by atoms with E-state index < -0.39 is 0 Å². The minimum atomic E-state index is -0.181. The van der Waals surface area contributed by atoms with Gasteiger partial charge in [-0.25, -0.2) is 4.79 Å². The number of nitrogens with zero attached hydrogens (tertiary/aromatic N) is 3. The van der Waals surface area contributed by atoms with Crippen LogP contribution in [0.25, 0.3) is 0 Å². The number of fused-ring (bicyclic) bond motifs is 2. The molecule has 2 N–H and O–H groups in total. The maximum Gasteiger partial charge on any atom is 0.319 e. The molecule has 2 aliphatic rings. The number of carbonyl (C=O) groups excluding carboxylic acids is 1. The number of anilines is 1. The van der Waals surface area contributed by atoms with Crippen molar-refractivity contribution in [1.82, 2.24) is 20.1 Å². The molecule has 1 aliphatic heterocycles. The second-order valence-corrected chi connectivity index (χ2v) is 6.25. The van der Waals surface area contributed by atoms with Gasteiger partial charge in [0.05, 0.1) is 6.54 Å². The van der Waals surface area contributed by atoms with Crippen molar-refractivity contribution in [2.45, 2.75) is 51.6 Å². The predicted octanol–water partition coefficient (Wildman–Crippen LogP) is 2.42. The fraction of sp³-hybridized carbons (Fsp3) is 0.471. The monoisotopic (exact) mass is 311 g/mol. The maximum absolute atomic E-state index is 12.2. The average molecular weight is 311 g/mol. The molecule has 4 rings (SSSR count). The van der Waals surface area contributed by atoms with E-state index in [0.29, 0.717) is 6.54 Å². The van der Waals surface area contributed by atoms with E-state index in [0.717, 1.165) is 49.6 Å². The lowest BCUT2D eigenvalue weighted by atomic mass is 9.90. The Morgan fingerprint density at radius 2 is 2.04 bits per heavy atom. The van der Waals surface area contributed by atoms with Crippen LogP contribution >= 0.6 is 0 Å². The molecule has 1 aromatic heterocycles. The SMILES string of the molecule is O=C(NCc1nnc2n1CCC2)Nc1cccc2c1CCCC2. The van der Waals surface area contributed by atoms with Gasteiger partial charge in [-0.1, -0.05) is 12.1 Å². The van der Waals surface area contributed by atoms with Crippen LogP contribution in [-0.2, 0) is 32.4 Å². The molecular weight excluding hydrogens is 290 g/mol. The minimum absolute atomic E-state index is 0.181. The van der Waals surface area contributed by atoms with E-state index >= 15 is 0 Å². The summed E-state index contributed by atoms with van der Waals surface area (Å²) in [6.07, 6.45) is 6.68. The zero-order valence-electron chi connectivity index (χ0n) is 13.1. The number of amides is 2. The fourth-order valence-electron chi connectivity index (χ4n) is 3.57. The predicted molar refractivity (Wildman–Crippen MR) is 87.3 cm³/mol. The number of hydrogen-bond acceptors (Lipinski definition) is 3. The Labute approximate surface area is 135 Å². The van der Waals surface area contributed by atoms with E-state index in [1.54, 1.807) is 0 Å².